The molecular weight excluding hydrogens is 578 g/mol. The van der Waals surface area contributed by atoms with Gasteiger partial charge in [0.15, 0.2) is 0 Å². The molecule has 0 saturated carbocycles. The third-order valence-corrected chi connectivity index (χ3v) is 6.06. The Balaban J connectivity index is 2.37. The molecule has 3 atom stereocenters. The van der Waals surface area contributed by atoms with E-state index in [1.165, 1.54) is 17.9 Å². The topological polar surface area (TPSA) is 144 Å². The average Bonchev–Trinajstić information content (AvgIpc) is 2.95. The number of alkyl carbamates (subject to hydrolysis) is 1. The molecule has 0 aliphatic carbocycles. The Labute approximate surface area is 265 Å². The number of aliphatic hydroxyl groups is 1. The van der Waals surface area contributed by atoms with E-state index in [4.69, 9.17) is 14.2 Å². The minimum Gasteiger partial charge on any atom is -0.458 e. The lowest BCUT2D eigenvalue weighted by atomic mass is 10.1. The predicted molar refractivity (Wildman–Crippen MR) is 170 cm³/mol. The summed E-state index contributed by atoms with van der Waals surface area (Å²) in [6.07, 6.45) is 1.58. The van der Waals surface area contributed by atoms with Gasteiger partial charge in [-0.3, -0.25) is 9.69 Å². The van der Waals surface area contributed by atoms with Gasteiger partial charge < -0.3 is 30.0 Å². The van der Waals surface area contributed by atoms with E-state index in [-0.39, 0.29) is 19.6 Å². The van der Waals surface area contributed by atoms with Gasteiger partial charge in [-0.1, -0.05) is 72.8 Å². The smallest absolute Gasteiger partial charge is 0.411 e. The van der Waals surface area contributed by atoms with Gasteiger partial charge in [-0.15, -0.1) is 0 Å². The largest absolute Gasteiger partial charge is 0.458 e. The van der Waals surface area contributed by atoms with Gasteiger partial charge in [0.25, 0.3) is 0 Å². The Morgan fingerprint density at radius 3 is 1.93 bits per heavy atom. The second-order valence-electron chi connectivity index (χ2n) is 12.5. The third kappa shape index (κ3) is 14.3. The molecule has 2 aromatic carbocycles. The fraction of sp³-hybridized carbons (Fsp3) is 0.471. The molecule has 0 fully saturated rings. The Morgan fingerprint density at radius 2 is 1.40 bits per heavy atom. The molecule has 0 saturated heterocycles. The first-order valence-electron chi connectivity index (χ1n) is 14.9. The minimum atomic E-state index is -1.14. The Bertz CT molecular complexity index is 1270. The summed E-state index contributed by atoms with van der Waals surface area (Å²) < 4.78 is 16.3. The molecule has 11 nitrogen and oxygen atoms in total. The first-order valence-corrected chi connectivity index (χ1v) is 14.9. The van der Waals surface area contributed by atoms with Crippen LogP contribution in [0.3, 0.4) is 0 Å². The van der Waals surface area contributed by atoms with Crippen LogP contribution < -0.4 is 10.6 Å². The summed E-state index contributed by atoms with van der Waals surface area (Å²) in [6, 6.07) is 15.3. The van der Waals surface area contributed by atoms with Crippen LogP contribution >= 0.6 is 0 Å². The summed E-state index contributed by atoms with van der Waals surface area (Å²) in [6.45, 7) is 11.4. The molecule has 0 radical (unpaired) electrons. The van der Waals surface area contributed by atoms with Crippen molar-refractivity contribution in [3.05, 3.63) is 83.9 Å². The molecule has 45 heavy (non-hydrogen) atoms. The number of hydrogen-bond donors (Lipinski definition) is 3. The maximum Gasteiger partial charge on any atom is 0.411 e. The van der Waals surface area contributed by atoms with Gasteiger partial charge in [-0.05, 0) is 66.0 Å². The SMILES string of the molecule is C[C@@H](NC(=O)[C@H](C/C=C\[C@H](CO)NC(=O)OC(C)(C)C)N(Cc1ccccc1)C(=O)OCc1ccccc1)C(=O)OC(C)(C)C. The summed E-state index contributed by atoms with van der Waals surface area (Å²) >= 11 is 0. The van der Waals surface area contributed by atoms with E-state index >= 15 is 0 Å². The van der Waals surface area contributed by atoms with Gasteiger partial charge >= 0.3 is 18.2 Å². The highest BCUT2D eigenvalue weighted by atomic mass is 16.6. The van der Waals surface area contributed by atoms with Gasteiger partial charge in [-0.2, -0.15) is 0 Å². The minimum absolute atomic E-state index is 0.0180. The number of carbonyl (C=O) groups is 4. The number of nitrogens with zero attached hydrogens (tertiary/aromatic N) is 1. The molecule has 0 bridgehead atoms. The molecule has 0 aliphatic rings. The van der Waals surface area contributed by atoms with Crippen LogP contribution in [0.1, 0.15) is 66.0 Å². The molecule has 3 N–H and O–H groups in total. The summed E-state index contributed by atoms with van der Waals surface area (Å²) in [4.78, 5) is 53.6. The number of aliphatic hydroxyl groups excluding tert-OH is 1. The first kappa shape index (κ1) is 36.8. The Kier molecular flexibility index (Phi) is 14.1. The van der Waals surface area contributed by atoms with Gasteiger partial charge in [0.05, 0.1) is 12.6 Å². The molecule has 2 rings (SSSR count). The monoisotopic (exact) mass is 625 g/mol. The summed E-state index contributed by atoms with van der Waals surface area (Å²) in [5.41, 5.74) is 0.0129. The standard InChI is InChI=1S/C34H47N3O8/c1-24(30(40)44-33(2,3)4)35-29(39)28(20-14-19-27(22-38)36-31(41)45-34(5,6)7)37(21-25-15-10-8-11-16-25)32(42)43-23-26-17-12-9-13-18-26/h8-19,24,27-28,38H,20-23H2,1-7H3,(H,35,39)(H,36,41)/b19-14-/t24-,27-,28+/m1/s1. The number of rotatable bonds is 13. The van der Waals surface area contributed by atoms with Gasteiger partial charge in [0, 0.05) is 6.54 Å². The molecule has 0 aromatic heterocycles. The average molecular weight is 626 g/mol. The van der Waals surface area contributed by atoms with Crippen LogP contribution in [0, 0.1) is 0 Å². The molecule has 2 aromatic rings. The lowest BCUT2D eigenvalue weighted by molar-refractivity contribution is -0.158. The number of ether oxygens (including phenoxy) is 3. The van der Waals surface area contributed by atoms with Crippen LogP contribution in [0.25, 0.3) is 0 Å². The molecule has 0 aliphatic heterocycles. The molecule has 246 valence electrons. The third-order valence-electron chi connectivity index (χ3n) is 6.06. The van der Waals surface area contributed by atoms with Crippen LogP contribution in [0.2, 0.25) is 0 Å². The van der Waals surface area contributed by atoms with E-state index in [9.17, 15) is 24.3 Å². The molecule has 11 heteroatoms. The summed E-state index contributed by atoms with van der Waals surface area (Å²) in [5.74, 6) is -1.25. The van der Waals surface area contributed by atoms with E-state index in [0.29, 0.717) is 0 Å². The van der Waals surface area contributed by atoms with E-state index in [1.807, 2.05) is 60.7 Å². The number of carbonyl (C=O) groups excluding carboxylic acids is 4. The maximum absolute atomic E-state index is 13.8. The second-order valence-corrected chi connectivity index (χ2v) is 12.5. The fourth-order valence-corrected chi connectivity index (χ4v) is 4.00. The van der Waals surface area contributed by atoms with Gasteiger partial charge in [0.1, 0.15) is 29.9 Å². The molecule has 3 amide bonds. The number of nitrogens with one attached hydrogen (secondary N) is 2. The van der Waals surface area contributed by atoms with E-state index in [1.54, 1.807) is 47.6 Å². The zero-order valence-electron chi connectivity index (χ0n) is 27.2. The lowest BCUT2D eigenvalue weighted by Gasteiger charge is -2.31. The van der Waals surface area contributed by atoms with E-state index in [0.717, 1.165) is 11.1 Å². The van der Waals surface area contributed by atoms with Crippen molar-refractivity contribution >= 4 is 24.1 Å². The number of benzene rings is 2. The van der Waals surface area contributed by atoms with Gasteiger partial charge in [-0.25, -0.2) is 14.4 Å². The van der Waals surface area contributed by atoms with Crippen molar-refractivity contribution in [3.63, 3.8) is 0 Å². The van der Waals surface area contributed by atoms with Crippen molar-refractivity contribution in [1.82, 2.24) is 15.5 Å². The summed E-state index contributed by atoms with van der Waals surface area (Å²) in [5, 5.41) is 15.1. The highest BCUT2D eigenvalue weighted by Crippen LogP contribution is 2.17. The van der Waals surface area contributed by atoms with Crippen molar-refractivity contribution < 1.29 is 38.5 Å². The lowest BCUT2D eigenvalue weighted by Crippen LogP contribution is -2.53. The highest BCUT2D eigenvalue weighted by molar-refractivity contribution is 5.89. The highest BCUT2D eigenvalue weighted by Gasteiger charge is 2.33. The van der Waals surface area contributed by atoms with Crippen LogP contribution in [-0.2, 0) is 37.0 Å². The fourth-order valence-electron chi connectivity index (χ4n) is 4.00. The van der Waals surface area contributed by atoms with Gasteiger partial charge in [0.2, 0.25) is 5.91 Å². The van der Waals surface area contributed by atoms with Crippen LogP contribution in [0.5, 0.6) is 0 Å². The zero-order valence-corrected chi connectivity index (χ0v) is 27.2. The van der Waals surface area contributed by atoms with Crippen LogP contribution in [0.4, 0.5) is 9.59 Å². The zero-order chi connectivity index (χ0) is 33.6. The first-order chi connectivity index (χ1) is 21.1. The van der Waals surface area contributed by atoms with Crippen molar-refractivity contribution in [2.75, 3.05) is 6.61 Å². The van der Waals surface area contributed by atoms with E-state index in [2.05, 4.69) is 10.6 Å². The molecular formula is C34H47N3O8. The van der Waals surface area contributed by atoms with E-state index < -0.39 is 60.0 Å². The Hall–Kier alpha value is -4.38. The second kappa shape index (κ2) is 17.2. The van der Waals surface area contributed by atoms with Crippen molar-refractivity contribution in [2.45, 2.75) is 97.4 Å². The maximum atomic E-state index is 13.8. The van der Waals surface area contributed by atoms with Crippen molar-refractivity contribution in [2.24, 2.45) is 0 Å². The molecule has 0 heterocycles. The number of esters is 1. The number of hydrogen-bond acceptors (Lipinski definition) is 8. The predicted octanol–water partition coefficient (Wildman–Crippen LogP) is 4.87. The molecule has 0 spiro atoms. The van der Waals surface area contributed by atoms with Crippen molar-refractivity contribution in [1.29, 1.82) is 0 Å². The van der Waals surface area contributed by atoms with Crippen LogP contribution in [-0.4, -0.2) is 70.0 Å². The Morgan fingerprint density at radius 1 is 0.844 bits per heavy atom. The van der Waals surface area contributed by atoms with Crippen molar-refractivity contribution in [3.8, 4) is 0 Å². The normalized spacial score (nSPS) is 13.7. The quantitative estimate of drug-likeness (QED) is 0.163. The molecule has 0 unspecified atom stereocenters. The number of amides is 3. The summed E-state index contributed by atoms with van der Waals surface area (Å²) in [7, 11) is 0. The van der Waals surface area contributed by atoms with Crippen LogP contribution in [0.15, 0.2) is 72.8 Å².